The Morgan fingerprint density at radius 1 is 1.24 bits per heavy atom. The van der Waals surface area contributed by atoms with Gasteiger partial charge in [-0.3, -0.25) is 9.78 Å². The molecule has 1 aliphatic heterocycles. The number of rotatable bonds is 4. The van der Waals surface area contributed by atoms with Crippen molar-refractivity contribution in [1.29, 1.82) is 0 Å². The number of ether oxygens (including phenoxy) is 1. The highest BCUT2D eigenvalue weighted by Crippen LogP contribution is 2.36. The van der Waals surface area contributed by atoms with Crippen molar-refractivity contribution in [2.24, 2.45) is 0 Å². The molecule has 0 radical (unpaired) electrons. The summed E-state index contributed by atoms with van der Waals surface area (Å²) in [5.74, 6) is -3.31. The van der Waals surface area contributed by atoms with E-state index in [2.05, 4.69) is 29.9 Å². The van der Waals surface area contributed by atoms with Gasteiger partial charge in [0.1, 0.15) is 5.69 Å². The van der Waals surface area contributed by atoms with Crippen LogP contribution in [-0.2, 0) is 0 Å². The number of alkyl halides is 2. The summed E-state index contributed by atoms with van der Waals surface area (Å²) >= 11 is 0. The molecule has 166 valence electrons. The van der Waals surface area contributed by atoms with Gasteiger partial charge in [0.15, 0.2) is 17.4 Å². The predicted octanol–water partition coefficient (Wildman–Crippen LogP) is 1.62. The SMILES string of the molecule is [C-]#[N+]c1ccnc(O[C@H]2CN(c3cc(-c4c[nH]c(=O)[nH]c4=O)nn4ccnc34)CC2(F)F)c1. The number of halogens is 2. The quantitative estimate of drug-likeness (QED) is 0.451. The third-order valence-electron chi connectivity index (χ3n) is 5.15. The van der Waals surface area contributed by atoms with Crippen LogP contribution in [0.15, 0.2) is 52.6 Å². The highest BCUT2D eigenvalue weighted by molar-refractivity contribution is 5.74. The smallest absolute Gasteiger partial charge is 0.325 e. The summed E-state index contributed by atoms with van der Waals surface area (Å²) in [4.78, 5) is 40.8. The molecule has 1 aliphatic rings. The van der Waals surface area contributed by atoms with Crippen LogP contribution < -0.4 is 20.9 Å². The maximum absolute atomic E-state index is 14.9. The van der Waals surface area contributed by atoms with E-state index in [1.54, 1.807) is 0 Å². The molecule has 0 aliphatic carbocycles. The molecule has 33 heavy (non-hydrogen) atoms. The maximum Gasteiger partial charge on any atom is 0.325 e. The van der Waals surface area contributed by atoms with E-state index in [1.165, 1.54) is 52.4 Å². The lowest BCUT2D eigenvalue weighted by atomic mass is 10.2. The Kier molecular flexibility index (Phi) is 4.63. The molecule has 5 heterocycles. The lowest BCUT2D eigenvalue weighted by Crippen LogP contribution is -2.36. The van der Waals surface area contributed by atoms with Gasteiger partial charge < -0.3 is 14.6 Å². The van der Waals surface area contributed by atoms with Crippen LogP contribution >= 0.6 is 0 Å². The lowest BCUT2D eigenvalue weighted by molar-refractivity contribution is -0.0608. The van der Waals surface area contributed by atoms with Gasteiger partial charge in [0, 0.05) is 30.9 Å². The Morgan fingerprint density at radius 2 is 2.09 bits per heavy atom. The van der Waals surface area contributed by atoms with Crippen LogP contribution in [-0.4, -0.2) is 54.7 Å². The van der Waals surface area contributed by atoms with Crippen molar-refractivity contribution in [2.45, 2.75) is 12.0 Å². The lowest BCUT2D eigenvalue weighted by Gasteiger charge is -2.19. The monoisotopic (exact) mass is 452 g/mol. The molecule has 0 bridgehead atoms. The first kappa shape index (κ1) is 20.3. The summed E-state index contributed by atoms with van der Waals surface area (Å²) in [7, 11) is 0. The molecule has 0 unspecified atom stereocenters. The van der Waals surface area contributed by atoms with Crippen LogP contribution in [0, 0.1) is 6.57 Å². The molecule has 4 aromatic heterocycles. The zero-order valence-electron chi connectivity index (χ0n) is 16.7. The summed E-state index contributed by atoms with van der Waals surface area (Å²) in [5, 5.41) is 4.30. The van der Waals surface area contributed by atoms with E-state index in [0.717, 1.165) is 0 Å². The molecule has 0 saturated carbocycles. The first-order chi connectivity index (χ1) is 15.8. The second-order valence-electron chi connectivity index (χ2n) is 7.31. The normalized spacial score (nSPS) is 17.2. The zero-order valence-corrected chi connectivity index (χ0v) is 16.7. The van der Waals surface area contributed by atoms with E-state index in [9.17, 15) is 18.4 Å². The molecule has 0 spiro atoms. The summed E-state index contributed by atoms with van der Waals surface area (Å²) in [6.07, 6.45) is 3.96. The van der Waals surface area contributed by atoms with Crippen LogP contribution in [0.5, 0.6) is 5.88 Å². The van der Waals surface area contributed by atoms with Crippen LogP contribution in [0.4, 0.5) is 20.2 Å². The number of hydrogen-bond donors (Lipinski definition) is 2. The van der Waals surface area contributed by atoms with Crippen molar-refractivity contribution in [3.8, 4) is 17.1 Å². The number of fused-ring (bicyclic) bond motifs is 1. The van der Waals surface area contributed by atoms with E-state index < -0.39 is 29.8 Å². The molecule has 4 aromatic rings. The van der Waals surface area contributed by atoms with E-state index in [0.29, 0.717) is 11.3 Å². The van der Waals surface area contributed by atoms with Crippen molar-refractivity contribution in [3.63, 3.8) is 0 Å². The van der Waals surface area contributed by atoms with E-state index >= 15 is 0 Å². The minimum absolute atomic E-state index is 0.0605. The van der Waals surface area contributed by atoms with Gasteiger partial charge in [-0.15, -0.1) is 0 Å². The zero-order chi connectivity index (χ0) is 23.2. The number of nitrogens with zero attached hydrogens (tertiary/aromatic N) is 6. The second-order valence-corrected chi connectivity index (χ2v) is 7.31. The average molecular weight is 452 g/mol. The molecule has 0 amide bonds. The minimum Gasteiger partial charge on any atom is -0.467 e. The standard InChI is InChI=1S/C20H14F2N8O3/c1-23-11-2-3-24-16(6-11)33-15-9-29(10-20(15,21)22)14-7-13(28-30-5-4-25-17(14)30)12-8-26-19(32)27-18(12)31/h2-8,15H,9-10H2,(H2,26,27,31,32)/t15-/m0/s1. The summed E-state index contributed by atoms with van der Waals surface area (Å²) in [5.41, 5.74) is -0.286. The second kappa shape index (κ2) is 7.52. The average Bonchev–Trinajstić information content (AvgIpc) is 3.37. The van der Waals surface area contributed by atoms with Crippen LogP contribution in [0.25, 0.3) is 21.7 Å². The van der Waals surface area contributed by atoms with Gasteiger partial charge in [-0.05, 0) is 12.1 Å². The molecule has 11 nitrogen and oxygen atoms in total. The highest BCUT2D eigenvalue weighted by atomic mass is 19.3. The molecule has 13 heteroatoms. The van der Waals surface area contributed by atoms with Gasteiger partial charge in [0.05, 0.1) is 30.9 Å². The van der Waals surface area contributed by atoms with E-state index in [-0.39, 0.29) is 29.4 Å². The molecule has 5 rings (SSSR count). The Morgan fingerprint density at radius 3 is 2.88 bits per heavy atom. The van der Waals surface area contributed by atoms with Crippen LogP contribution in [0.2, 0.25) is 0 Å². The molecule has 0 aromatic carbocycles. The Bertz CT molecular complexity index is 1520. The van der Waals surface area contributed by atoms with Crippen molar-refractivity contribution >= 4 is 17.0 Å². The first-order valence-corrected chi connectivity index (χ1v) is 9.64. The Hall–Kier alpha value is -4.60. The molecule has 1 saturated heterocycles. The summed E-state index contributed by atoms with van der Waals surface area (Å²) in [6.45, 7) is 6.18. The topological polar surface area (TPSA) is 126 Å². The van der Waals surface area contributed by atoms with Gasteiger partial charge in [-0.25, -0.2) is 32.9 Å². The van der Waals surface area contributed by atoms with Crippen LogP contribution in [0.3, 0.4) is 0 Å². The number of aromatic amines is 2. The number of nitrogens with one attached hydrogen (secondary N) is 2. The van der Waals surface area contributed by atoms with Gasteiger partial charge in [0.2, 0.25) is 5.88 Å². The third-order valence-corrected chi connectivity index (χ3v) is 5.15. The molecule has 1 fully saturated rings. The largest absolute Gasteiger partial charge is 0.467 e. The molecule has 1 atom stereocenters. The molecular weight excluding hydrogens is 438 g/mol. The van der Waals surface area contributed by atoms with Crippen molar-refractivity contribution < 1.29 is 13.5 Å². The van der Waals surface area contributed by atoms with E-state index in [4.69, 9.17) is 11.3 Å². The molecule has 2 N–H and O–H groups in total. The molecular formula is C20H14F2N8O3. The number of pyridine rings is 1. The number of imidazole rings is 1. The number of hydrogen-bond acceptors (Lipinski definition) is 7. The number of H-pyrrole nitrogens is 2. The fourth-order valence-corrected chi connectivity index (χ4v) is 3.60. The number of anilines is 1. The fraction of sp³-hybridized carbons (Fsp3) is 0.200. The van der Waals surface area contributed by atoms with Crippen molar-refractivity contribution in [1.82, 2.24) is 29.5 Å². The van der Waals surface area contributed by atoms with E-state index in [1.807, 2.05) is 0 Å². The van der Waals surface area contributed by atoms with Gasteiger partial charge in [0.25, 0.3) is 5.56 Å². The van der Waals surface area contributed by atoms with Gasteiger partial charge in [-0.2, -0.15) is 5.10 Å². The third kappa shape index (κ3) is 3.67. The van der Waals surface area contributed by atoms with Gasteiger partial charge in [-0.1, -0.05) is 0 Å². The maximum atomic E-state index is 14.9. The van der Waals surface area contributed by atoms with Crippen molar-refractivity contribution in [3.05, 3.63) is 75.2 Å². The number of aromatic nitrogens is 6. The van der Waals surface area contributed by atoms with Crippen molar-refractivity contribution in [2.75, 3.05) is 18.0 Å². The van der Waals surface area contributed by atoms with Crippen LogP contribution in [0.1, 0.15) is 0 Å². The minimum atomic E-state index is -3.24. The summed E-state index contributed by atoms with van der Waals surface area (Å²) < 4.78 is 36.6. The summed E-state index contributed by atoms with van der Waals surface area (Å²) in [6, 6.07) is 4.21. The van der Waals surface area contributed by atoms with Gasteiger partial charge >= 0.3 is 11.6 Å². The Balaban J connectivity index is 1.52. The first-order valence-electron chi connectivity index (χ1n) is 9.64. The highest BCUT2D eigenvalue weighted by Gasteiger charge is 2.51. The predicted molar refractivity (Wildman–Crippen MR) is 112 cm³/mol. The fourth-order valence-electron chi connectivity index (χ4n) is 3.60. The Labute approximate surface area is 183 Å².